The number of nitrogens with one attached hydrogen (secondary N) is 1. The zero-order valence-corrected chi connectivity index (χ0v) is 21.4. The number of amides is 2. The Morgan fingerprint density at radius 2 is 1.60 bits per heavy atom. The predicted molar refractivity (Wildman–Crippen MR) is 136 cm³/mol. The Labute approximate surface area is 207 Å². The molecular weight excluding hydrogens is 440 g/mol. The number of hydrogen-bond acceptors (Lipinski definition) is 4. The van der Waals surface area contributed by atoms with E-state index in [2.05, 4.69) is 15.5 Å². The van der Waals surface area contributed by atoms with Gasteiger partial charge in [0.2, 0.25) is 11.8 Å². The van der Waals surface area contributed by atoms with E-state index in [9.17, 15) is 9.59 Å². The predicted octanol–water partition coefficient (Wildman–Crippen LogP) is 4.21. The molecule has 3 heterocycles. The lowest BCUT2D eigenvalue weighted by Crippen LogP contribution is -2.42. The van der Waals surface area contributed by atoms with Crippen molar-refractivity contribution in [1.29, 1.82) is 0 Å². The summed E-state index contributed by atoms with van der Waals surface area (Å²) < 4.78 is 3.81. The molecule has 1 unspecified atom stereocenters. The molecular formula is C27H36N6O2. The second-order valence-electron chi connectivity index (χ2n) is 9.92. The minimum absolute atomic E-state index is 0.0199. The molecule has 0 aliphatic carbocycles. The third-order valence-electron chi connectivity index (χ3n) is 6.78. The zero-order valence-electron chi connectivity index (χ0n) is 21.4. The first-order valence-corrected chi connectivity index (χ1v) is 12.4. The molecule has 3 aromatic rings. The number of carbonyl (C=O) groups excluding carboxylic acids is 2. The molecule has 0 spiro atoms. The fourth-order valence-electron chi connectivity index (χ4n) is 4.92. The Kier molecular flexibility index (Phi) is 7.38. The maximum Gasteiger partial charge on any atom is 0.227 e. The summed E-state index contributed by atoms with van der Waals surface area (Å²) in [5.41, 5.74) is 5.85. The van der Waals surface area contributed by atoms with Gasteiger partial charge in [-0.3, -0.25) is 14.3 Å². The van der Waals surface area contributed by atoms with Gasteiger partial charge in [0.15, 0.2) is 0 Å². The molecule has 186 valence electrons. The van der Waals surface area contributed by atoms with Crippen LogP contribution in [0.3, 0.4) is 0 Å². The van der Waals surface area contributed by atoms with Crippen molar-refractivity contribution in [2.45, 2.75) is 60.4 Å². The first kappa shape index (κ1) is 24.7. The molecule has 1 N–H and O–H groups in total. The average molecular weight is 477 g/mol. The molecule has 0 radical (unpaired) electrons. The van der Waals surface area contributed by atoms with Crippen LogP contribution in [0, 0.1) is 39.5 Å². The van der Waals surface area contributed by atoms with Gasteiger partial charge < -0.3 is 10.2 Å². The molecule has 1 atom stereocenters. The van der Waals surface area contributed by atoms with E-state index in [0.717, 1.165) is 47.0 Å². The highest BCUT2D eigenvalue weighted by molar-refractivity contribution is 5.91. The van der Waals surface area contributed by atoms with Crippen molar-refractivity contribution >= 4 is 17.5 Å². The summed E-state index contributed by atoms with van der Waals surface area (Å²) in [7, 11) is 0. The highest BCUT2D eigenvalue weighted by Gasteiger charge is 2.27. The molecule has 4 rings (SSSR count). The Morgan fingerprint density at radius 3 is 2.17 bits per heavy atom. The van der Waals surface area contributed by atoms with Gasteiger partial charge in [0.1, 0.15) is 0 Å². The lowest BCUT2D eigenvalue weighted by atomic mass is 9.92. The van der Waals surface area contributed by atoms with E-state index < -0.39 is 0 Å². The summed E-state index contributed by atoms with van der Waals surface area (Å²) in [6, 6.07) is 11.8. The van der Waals surface area contributed by atoms with E-state index in [1.807, 2.05) is 85.3 Å². The van der Waals surface area contributed by atoms with Gasteiger partial charge in [0.05, 0.1) is 29.5 Å². The smallest absolute Gasteiger partial charge is 0.227 e. The topological polar surface area (TPSA) is 85.0 Å². The third-order valence-corrected chi connectivity index (χ3v) is 6.78. The first-order valence-electron chi connectivity index (χ1n) is 12.4. The van der Waals surface area contributed by atoms with Crippen LogP contribution in [-0.2, 0) is 16.1 Å². The maximum absolute atomic E-state index is 12.9. The molecule has 2 aromatic heterocycles. The molecule has 35 heavy (non-hydrogen) atoms. The zero-order chi connectivity index (χ0) is 25.1. The van der Waals surface area contributed by atoms with Crippen LogP contribution in [0.25, 0.3) is 5.69 Å². The number of rotatable bonds is 7. The van der Waals surface area contributed by atoms with Crippen molar-refractivity contribution in [2.24, 2.45) is 11.8 Å². The molecule has 0 bridgehead atoms. The largest absolute Gasteiger partial charge is 0.342 e. The van der Waals surface area contributed by atoms with Gasteiger partial charge in [-0.15, -0.1) is 0 Å². The van der Waals surface area contributed by atoms with Crippen molar-refractivity contribution in [2.75, 3.05) is 18.4 Å². The van der Waals surface area contributed by atoms with Gasteiger partial charge in [-0.1, -0.05) is 6.92 Å². The molecule has 8 heteroatoms. The Hall–Kier alpha value is -3.42. The van der Waals surface area contributed by atoms with Crippen LogP contribution >= 0.6 is 0 Å². The minimum Gasteiger partial charge on any atom is -0.342 e. The lowest BCUT2D eigenvalue weighted by molar-refractivity contribution is -0.137. The molecule has 1 aliphatic heterocycles. The highest BCUT2D eigenvalue weighted by Crippen LogP contribution is 2.23. The standard InChI is InChI=1S/C27H36N6O2/c1-18(17-32-21(4)14-19(2)29-32)27(35)31-12-10-23(11-13-31)16-26(34)28-24-6-8-25(9-7-24)33-22(5)15-20(3)30-33/h6-9,14-15,18,23H,10-13,16-17H2,1-5H3,(H,28,34). The van der Waals surface area contributed by atoms with Crippen LogP contribution in [0.5, 0.6) is 0 Å². The van der Waals surface area contributed by atoms with Crippen molar-refractivity contribution < 1.29 is 9.59 Å². The molecule has 8 nitrogen and oxygen atoms in total. The molecule has 1 fully saturated rings. The normalized spacial score (nSPS) is 15.3. The fourth-order valence-corrected chi connectivity index (χ4v) is 4.92. The Morgan fingerprint density at radius 1 is 0.971 bits per heavy atom. The molecule has 0 saturated carbocycles. The Bertz CT molecular complexity index is 1180. The van der Waals surface area contributed by atoms with Gasteiger partial charge in [0, 0.05) is 36.6 Å². The summed E-state index contributed by atoms with van der Waals surface area (Å²) >= 11 is 0. The number of hydrogen-bond donors (Lipinski definition) is 1. The van der Waals surface area contributed by atoms with Gasteiger partial charge >= 0.3 is 0 Å². The van der Waals surface area contributed by atoms with Crippen LogP contribution in [0.4, 0.5) is 5.69 Å². The number of carbonyl (C=O) groups is 2. The lowest BCUT2D eigenvalue weighted by Gasteiger charge is -2.33. The molecule has 1 aliphatic rings. The minimum atomic E-state index is -0.120. The SMILES string of the molecule is Cc1cc(C)n(CC(C)C(=O)N2CCC(CC(=O)Nc3ccc(-n4nc(C)cc4C)cc3)CC2)n1. The summed E-state index contributed by atoms with van der Waals surface area (Å²) in [5, 5.41) is 12.0. The third kappa shape index (κ3) is 5.99. The number of aromatic nitrogens is 4. The summed E-state index contributed by atoms with van der Waals surface area (Å²) in [5.74, 6) is 0.360. The summed E-state index contributed by atoms with van der Waals surface area (Å²) in [6.45, 7) is 12.0. The summed E-state index contributed by atoms with van der Waals surface area (Å²) in [4.78, 5) is 27.5. The second kappa shape index (κ2) is 10.5. The number of likely N-dealkylation sites (tertiary alicyclic amines) is 1. The van der Waals surface area contributed by atoms with Crippen LogP contribution in [0.1, 0.15) is 49.0 Å². The molecule has 2 amide bonds. The molecule has 1 saturated heterocycles. The van der Waals surface area contributed by atoms with E-state index in [1.165, 1.54) is 0 Å². The van der Waals surface area contributed by atoms with Gasteiger partial charge in [-0.05, 0) is 82.9 Å². The summed E-state index contributed by atoms with van der Waals surface area (Å²) in [6.07, 6.45) is 2.17. The van der Waals surface area contributed by atoms with Gasteiger partial charge in [-0.25, -0.2) is 4.68 Å². The van der Waals surface area contributed by atoms with Crippen LogP contribution in [0.15, 0.2) is 36.4 Å². The van der Waals surface area contributed by atoms with Crippen molar-refractivity contribution in [3.63, 3.8) is 0 Å². The van der Waals surface area contributed by atoms with Crippen LogP contribution in [0.2, 0.25) is 0 Å². The van der Waals surface area contributed by atoms with Crippen molar-refractivity contribution in [1.82, 2.24) is 24.5 Å². The van der Waals surface area contributed by atoms with E-state index in [-0.39, 0.29) is 17.7 Å². The maximum atomic E-state index is 12.9. The van der Waals surface area contributed by atoms with E-state index in [4.69, 9.17) is 0 Å². The Balaban J connectivity index is 1.23. The van der Waals surface area contributed by atoms with Crippen LogP contribution in [-0.4, -0.2) is 49.4 Å². The second-order valence-corrected chi connectivity index (χ2v) is 9.92. The first-order chi connectivity index (χ1) is 16.7. The van der Waals surface area contributed by atoms with E-state index in [0.29, 0.717) is 32.0 Å². The quantitative estimate of drug-likeness (QED) is 0.554. The van der Waals surface area contributed by atoms with Crippen molar-refractivity contribution in [3.8, 4) is 5.69 Å². The van der Waals surface area contributed by atoms with E-state index in [1.54, 1.807) is 0 Å². The average Bonchev–Trinajstić information content (AvgIpc) is 3.32. The molecule has 1 aromatic carbocycles. The number of anilines is 1. The van der Waals surface area contributed by atoms with E-state index >= 15 is 0 Å². The highest BCUT2D eigenvalue weighted by atomic mass is 16.2. The number of nitrogens with zero attached hydrogens (tertiary/aromatic N) is 5. The van der Waals surface area contributed by atoms with Crippen LogP contribution < -0.4 is 5.32 Å². The number of benzene rings is 1. The van der Waals surface area contributed by atoms with Crippen molar-refractivity contribution in [3.05, 3.63) is 59.2 Å². The fraction of sp³-hybridized carbons (Fsp3) is 0.481. The number of aryl methyl sites for hydroxylation is 4. The van der Waals surface area contributed by atoms with Gasteiger partial charge in [0.25, 0.3) is 0 Å². The van der Waals surface area contributed by atoms with Gasteiger partial charge in [-0.2, -0.15) is 10.2 Å². The monoisotopic (exact) mass is 476 g/mol. The number of piperidine rings is 1.